The number of carbonyl (C=O) groups is 1. The predicted molar refractivity (Wildman–Crippen MR) is 64.7 cm³/mol. The number of hydrogen-bond donors (Lipinski definition) is 0. The molecule has 1 nitrogen and oxygen atoms in total. The van der Waals surface area contributed by atoms with E-state index in [1.54, 1.807) is 6.92 Å². The average Bonchev–Trinajstić information content (AvgIpc) is 2.17. The molecular weight excluding hydrogens is 184 g/mol. The number of allylic oxidation sites excluding steroid dienone is 6. The normalized spacial score (nSPS) is 15.4. The highest BCUT2D eigenvalue weighted by Crippen LogP contribution is 2.23. The maximum Gasteiger partial charge on any atom is 0.155 e. The van der Waals surface area contributed by atoms with E-state index in [0.29, 0.717) is 0 Å². The van der Waals surface area contributed by atoms with Gasteiger partial charge in [0.15, 0.2) is 5.78 Å². The summed E-state index contributed by atoms with van der Waals surface area (Å²) in [6.07, 6.45) is 10.5. The highest BCUT2D eigenvalue weighted by molar-refractivity contribution is 5.93. The monoisotopic (exact) mass is 204 g/mol. The SMILES string of the molecule is CC(=O)C1=CCC=C(CCC=C(C)C)C1. The third-order valence-corrected chi connectivity index (χ3v) is 2.66. The molecule has 0 N–H and O–H groups in total. The zero-order chi connectivity index (χ0) is 11.3. The molecule has 0 aromatic rings. The van der Waals surface area contributed by atoms with Gasteiger partial charge in [-0.2, -0.15) is 0 Å². The second kappa shape index (κ2) is 5.69. The molecule has 0 aromatic carbocycles. The van der Waals surface area contributed by atoms with Crippen LogP contribution in [0.25, 0.3) is 0 Å². The van der Waals surface area contributed by atoms with Crippen molar-refractivity contribution in [2.24, 2.45) is 0 Å². The van der Waals surface area contributed by atoms with Gasteiger partial charge in [0.1, 0.15) is 0 Å². The molecule has 0 unspecified atom stereocenters. The number of carbonyl (C=O) groups excluding carboxylic acids is 1. The van der Waals surface area contributed by atoms with E-state index in [-0.39, 0.29) is 5.78 Å². The summed E-state index contributed by atoms with van der Waals surface area (Å²) in [7, 11) is 0. The number of hydrogen-bond acceptors (Lipinski definition) is 1. The highest BCUT2D eigenvalue weighted by Gasteiger charge is 2.09. The van der Waals surface area contributed by atoms with Gasteiger partial charge >= 0.3 is 0 Å². The fourth-order valence-corrected chi connectivity index (χ4v) is 1.76. The molecule has 0 heterocycles. The molecule has 82 valence electrons. The largest absolute Gasteiger partial charge is 0.295 e. The van der Waals surface area contributed by atoms with E-state index in [1.165, 1.54) is 11.1 Å². The Balaban J connectivity index is 2.43. The number of ketones is 1. The molecule has 0 amide bonds. The molecule has 0 aromatic heterocycles. The van der Waals surface area contributed by atoms with Crippen molar-refractivity contribution in [1.82, 2.24) is 0 Å². The van der Waals surface area contributed by atoms with Crippen LogP contribution in [-0.4, -0.2) is 5.78 Å². The van der Waals surface area contributed by atoms with Crippen LogP contribution in [0.15, 0.2) is 34.9 Å². The molecule has 1 rings (SSSR count). The lowest BCUT2D eigenvalue weighted by Crippen LogP contribution is -2.02. The lowest BCUT2D eigenvalue weighted by atomic mass is 9.93. The van der Waals surface area contributed by atoms with Crippen LogP contribution in [0.5, 0.6) is 0 Å². The summed E-state index contributed by atoms with van der Waals surface area (Å²) in [6, 6.07) is 0. The first kappa shape index (κ1) is 12.0. The molecule has 0 atom stereocenters. The molecule has 0 saturated carbocycles. The maximum absolute atomic E-state index is 11.2. The first-order chi connectivity index (χ1) is 7.09. The smallest absolute Gasteiger partial charge is 0.155 e. The van der Waals surface area contributed by atoms with E-state index in [0.717, 1.165) is 31.3 Å². The molecule has 0 radical (unpaired) electrons. The van der Waals surface area contributed by atoms with Crippen molar-refractivity contribution in [3.05, 3.63) is 34.9 Å². The van der Waals surface area contributed by atoms with Crippen molar-refractivity contribution in [1.29, 1.82) is 0 Å². The Bertz CT molecular complexity index is 325. The third kappa shape index (κ3) is 4.28. The van der Waals surface area contributed by atoms with E-state index in [4.69, 9.17) is 0 Å². The van der Waals surface area contributed by atoms with Gasteiger partial charge in [0.2, 0.25) is 0 Å². The lowest BCUT2D eigenvalue weighted by molar-refractivity contribution is -0.113. The van der Waals surface area contributed by atoms with E-state index >= 15 is 0 Å². The summed E-state index contributed by atoms with van der Waals surface area (Å²) in [5.74, 6) is 0.225. The molecule has 0 spiro atoms. The summed E-state index contributed by atoms with van der Waals surface area (Å²) >= 11 is 0. The standard InChI is InChI=1S/C14H20O/c1-11(2)6-4-7-13-8-5-9-14(10-13)12(3)15/h6,8-9H,4-5,7,10H2,1-3H3. The summed E-state index contributed by atoms with van der Waals surface area (Å²) < 4.78 is 0. The van der Waals surface area contributed by atoms with Crippen molar-refractivity contribution in [2.45, 2.75) is 46.5 Å². The van der Waals surface area contributed by atoms with Crippen LogP contribution in [0.1, 0.15) is 46.5 Å². The van der Waals surface area contributed by atoms with Crippen molar-refractivity contribution < 1.29 is 4.79 Å². The van der Waals surface area contributed by atoms with Crippen LogP contribution in [0.2, 0.25) is 0 Å². The minimum absolute atomic E-state index is 0.225. The van der Waals surface area contributed by atoms with Gasteiger partial charge < -0.3 is 0 Å². The molecular formula is C14H20O. The second-order valence-electron chi connectivity index (χ2n) is 4.38. The summed E-state index contributed by atoms with van der Waals surface area (Å²) in [4.78, 5) is 11.2. The van der Waals surface area contributed by atoms with Crippen molar-refractivity contribution in [2.75, 3.05) is 0 Å². The van der Waals surface area contributed by atoms with Gasteiger partial charge in [-0.3, -0.25) is 4.79 Å². The van der Waals surface area contributed by atoms with Crippen molar-refractivity contribution >= 4 is 5.78 Å². The first-order valence-corrected chi connectivity index (χ1v) is 5.61. The van der Waals surface area contributed by atoms with Crippen LogP contribution in [0.3, 0.4) is 0 Å². The van der Waals surface area contributed by atoms with Gasteiger partial charge in [0.05, 0.1) is 0 Å². The van der Waals surface area contributed by atoms with Crippen LogP contribution < -0.4 is 0 Å². The predicted octanol–water partition coefficient (Wildman–Crippen LogP) is 3.97. The Kier molecular flexibility index (Phi) is 4.54. The van der Waals surface area contributed by atoms with Gasteiger partial charge in [-0.25, -0.2) is 0 Å². The Labute approximate surface area is 92.6 Å². The minimum Gasteiger partial charge on any atom is -0.295 e. The van der Waals surface area contributed by atoms with Gasteiger partial charge in [-0.15, -0.1) is 0 Å². The van der Waals surface area contributed by atoms with E-state index < -0.39 is 0 Å². The van der Waals surface area contributed by atoms with E-state index in [1.807, 2.05) is 6.08 Å². The zero-order valence-electron chi connectivity index (χ0n) is 9.97. The molecule has 15 heavy (non-hydrogen) atoms. The molecule has 1 aliphatic rings. The van der Waals surface area contributed by atoms with Gasteiger partial charge in [0.25, 0.3) is 0 Å². The quantitative estimate of drug-likeness (QED) is 0.633. The van der Waals surface area contributed by atoms with Crippen LogP contribution in [0, 0.1) is 0 Å². The Morgan fingerprint density at radius 1 is 1.33 bits per heavy atom. The van der Waals surface area contributed by atoms with Gasteiger partial charge in [0, 0.05) is 0 Å². The van der Waals surface area contributed by atoms with Gasteiger partial charge in [-0.05, 0) is 52.0 Å². The topological polar surface area (TPSA) is 17.1 Å². The zero-order valence-corrected chi connectivity index (χ0v) is 9.97. The van der Waals surface area contributed by atoms with Crippen LogP contribution >= 0.6 is 0 Å². The Morgan fingerprint density at radius 3 is 2.67 bits per heavy atom. The number of Topliss-reactive ketones (excluding diaryl/α,β-unsaturated/α-hetero) is 1. The number of rotatable bonds is 4. The average molecular weight is 204 g/mol. The maximum atomic E-state index is 11.2. The van der Waals surface area contributed by atoms with Crippen LogP contribution in [0.4, 0.5) is 0 Å². The fourth-order valence-electron chi connectivity index (χ4n) is 1.76. The van der Waals surface area contributed by atoms with E-state index in [9.17, 15) is 4.79 Å². The minimum atomic E-state index is 0.225. The molecule has 0 aliphatic heterocycles. The van der Waals surface area contributed by atoms with E-state index in [2.05, 4.69) is 26.0 Å². The van der Waals surface area contributed by atoms with Crippen LogP contribution in [-0.2, 0) is 4.79 Å². The molecule has 0 bridgehead atoms. The Morgan fingerprint density at radius 2 is 2.07 bits per heavy atom. The summed E-state index contributed by atoms with van der Waals surface area (Å²) in [5.41, 5.74) is 3.78. The fraction of sp³-hybridized carbons (Fsp3) is 0.500. The molecule has 1 aliphatic carbocycles. The lowest BCUT2D eigenvalue weighted by Gasteiger charge is -2.12. The molecule has 0 fully saturated rings. The second-order valence-corrected chi connectivity index (χ2v) is 4.38. The summed E-state index contributed by atoms with van der Waals surface area (Å²) in [5, 5.41) is 0. The Hall–Kier alpha value is -1.11. The summed E-state index contributed by atoms with van der Waals surface area (Å²) in [6.45, 7) is 5.90. The highest BCUT2D eigenvalue weighted by atomic mass is 16.1. The molecule has 0 saturated heterocycles. The first-order valence-electron chi connectivity index (χ1n) is 5.61. The molecule has 1 heteroatoms. The van der Waals surface area contributed by atoms with Crippen molar-refractivity contribution in [3.8, 4) is 0 Å². The van der Waals surface area contributed by atoms with Gasteiger partial charge in [-0.1, -0.05) is 29.4 Å². The third-order valence-electron chi connectivity index (χ3n) is 2.66. The van der Waals surface area contributed by atoms with Crippen molar-refractivity contribution in [3.63, 3.8) is 0 Å².